The second-order valence-electron chi connectivity index (χ2n) is 2.51. The highest BCUT2D eigenvalue weighted by atomic mass is 16.6. The maximum atomic E-state index is 5.51. The largest absolute Gasteiger partial charge is 0.376 e. The van der Waals surface area contributed by atoms with Crippen LogP contribution in [-0.2, 0) is 9.47 Å². The first-order chi connectivity index (χ1) is 4.33. The average molecular weight is 130 g/mol. The molecule has 1 aliphatic rings. The zero-order chi connectivity index (χ0) is 6.69. The summed E-state index contributed by atoms with van der Waals surface area (Å²) in [6.07, 6.45) is 1.70. The summed E-state index contributed by atoms with van der Waals surface area (Å²) in [6, 6.07) is 0. The van der Waals surface area contributed by atoms with Crippen LogP contribution in [0.5, 0.6) is 0 Å². The minimum Gasteiger partial charge on any atom is -0.376 e. The normalized spacial score (nSPS) is 36.7. The van der Waals surface area contributed by atoms with E-state index < -0.39 is 0 Å². The molecule has 2 atom stereocenters. The molecule has 0 aromatic carbocycles. The molecule has 0 N–H and O–H groups in total. The molecule has 1 rings (SSSR count). The number of ether oxygens (including phenoxy) is 2. The number of hydrogen-bond acceptors (Lipinski definition) is 2. The second-order valence-corrected chi connectivity index (χ2v) is 2.51. The Morgan fingerprint density at radius 2 is 2.22 bits per heavy atom. The van der Waals surface area contributed by atoms with Crippen molar-refractivity contribution >= 4 is 0 Å². The van der Waals surface area contributed by atoms with Gasteiger partial charge in [-0.05, 0) is 13.3 Å². The van der Waals surface area contributed by atoms with E-state index in [2.05, 4.69) is 6.92 Å². The highest BCUT2D eigenvalue weighted by molar-refractivity contribution is 4.62. The van der Waals surface area contributed by atoms with Gasteiger partial charge in [-0.25, -0.2) is 0 Å². The number of hydrogen-bond donors (Lipinski definition) is 0. The van der Waals surface area contributed by atoms with Gasteiger partial charge in [-0.2, -0.15) is 0 Å². The van der Waals surface area contributed by atoms with Crippen molar-refractivity contribution in [3.8, 4) is 0 Å². The van der Waals surface area contributed by atoms with E-state index in [1.54, 1.807) is 0 Å². The van der Waals surface area contributed by atoms with Gasteiger partial charge in [0, 0.05) is 0 Å². The van der Waals surface area contributed by atoms with Crippen LogP contribution in [0.1, 0.15) is 20.3 Å². The van der Waals surface area contributed by atoms with Gasteiger partial charge in [-0.3, -0.25) is 0 Å². The molecule has 1 heterocycles. The Bertz CT molecular complexity index is 83.0. The van der Waals surface area contributed by atoms with Crippen molar-refractivity contribution in [3.05, 3.63) is 0 Å². The summed E-state index contributed by atoms with van der Waals surface area (Å²) >= 11 is 0. The highest BCUT2D eigenvalue weighted by Gasteiger charge is 2.16. The summed E-state index contributed by atoms with van der Waals surface area (Å²) in [5.41, 5.74) is 0. The first-order valence-electron chi connectivity index (χ1n) is 3.56. The standard InChI is InChI=1S/C7H14O2/c1-3-7-5-8-4-6(2)9-7/h6-7H,3-5H2,1-2H3. The lowest BCUT2D eigenvalue weighted by molar-refractivity contribution is -0.130. The number of rotatable bonds is 1. The fourth-order valence-corrected chi connectivity index (χ4v) is 0.987. The lowest BCUT2D eigenvalue weighted by atomic mass is 10.2. The highest BCUT2D eigenvalue weighted by Crippen LogP contribution is 2.09. The van der Waals surface area contributed by atoms with Crippen LogP contribution in [0.15, 0.2) is 0 Å². The van der Waals surface area contributed by atoms with Crippen molar-refractivity contribution in [1.29, 1.82) is 0 Å². The van der Waals surface area contributed by atoms with E-state index in [9.17, 15) is 0 Å². The lowest BCUT2D eigenvalue weighted by Crippen LogP contribution is -2.33. The zero-order valence-electron chi connectivity index (χ0n) is 6.09. The van der Waals surface area contributed by atoms with E-state index >= 15 is 0 Å². The Hall–Kier alpha value is -0.0800. The smallest absolute Gasteiger partial charge is 0.0810 e. The molecule has 0 bridgehead atoms. The quantitative estimate of drug-likeness (QED) is 0.531. The molecule has 1 aliphatic heterocycles. The fraction of sp³-hybridized carbons (Fsp3) is 1.00. The average Bonchev–Trinajstić information content (AvgIpc) is 1.88. The SMILES string of the molecule is CCC1COCC(C)O1. The molecule has 0 aliphatic carbocycles. The van der Waals surface area contributed by atoms with Gasteiger partial charge in [0.05, 0.1) is 25.4 Å². The van der Waals surface area contributed by atoms with E-state index in [0.29, 0.717) is 12.2 Å². The lowest BCUT2D eigenvalue weighted by Gasteiger charge is -2.26. The van der Waals surface area contributed by atoms with Crippen molar-refractivity contribution in [2.75, 3.05) is 13.2 Å². The summed E-state index contributed by atoms with van der Waals surface area (Å²) in [7, 11) is 0. The van der Waals surface area contributed by atoms with Gasteiger partial charge in [0.15, 0.2) is 0 Å². The minimum atomic E-state index is 0.295. The molecule has 0 radical (unpaired) electrons. The molecule has 2 heteroatoms. The van der Waals surface area contributed by atoms with Gasteiger partial charge in [-0.15, -0.1) is 0 Å². The van der Waals surface area contributed by atoms with Gasteiger partial charge in [0.2, 0.25) is 0 Å². The van der Waals surface area contributed by atoms with Crippen molar-refractivity contribution < 1.29 is 9.47 Å². The van der Waals surface area contributed by atoms with E-state index in [1.165, 1.54) is 0 Å². The van der Waals surface area contributed by atoms with Crippen LogP contribution >= 0.6 is 0 Å². The molecule has 0 aromatic rings. The Kier molecular flexibility index (Phi) is 2.49. The Morgan fingerprint density at radius 1 is 1.44 bits per heavy atom. The summed E-state index contributed by atoms with van der Waals surface area (Å²) in [6.45, 7) is 5.70. The molecular weight excluding hydrogens is 116 g/mol. The third-order valence-corrected chi connectivity index (χ3v) is 1.54. The van der Waals surface area contributed by atoms with Gasteiger partial charge in [0.1, 0.15) is 0 Å². The summed E-state index contributed by atoms with van der Waals surface area (Å²) in [5.74, 6) is 0. The minimum absolute atomic E-state index is 0.295. The molecule has 0 spiro atoms. The fourth-order valence-electron chi connectivity index (χ4n) is 0.987. The van der Waals surface area contributed by atoms with Crippen LogP contribution in [0.4, 0.5) is 0 Å². The van der Waals surface area contributed by atoms with E-state index in [4.69, 9.17) is 9.47 Å². The van der Waals surface area contributed by atoms with Crippen LogP contribution in [0.3, 0.4) is 0 Å². The van der Waals surface area contributed by atoms with E-state index in [1.807, 2.05) is 6.92 Å². The maximum absolute atomic E-state index is 5.51. The monoisotopic (exact) mass is 130 g/mol. The molecule has 54 valence electrons. The van der Waals surface area contributed by atoms with Gasteiger partial charge < -0.3 is 9.47 Å². The molecule has 2 unspecified atom stereocenters. The summed E-state index contributed by atoms with van der Waals surface area (Å²) in [4.78, 5) is 0. The van der Waals surface area contributed by atoms with E-state index in [0.717, 1.165) is 19.6 Å². The molecular formula is C7H14O2. The molecule has 1 saturated heterocycles. The molecule has 9 heavy (non-hydrogen) atoms. The Labute approximate surface area is 56.2 Å². The molecule has 1 fully saturated rings. The first-order valence-corrected chi connectivity index (χ1v) is 3.56. The molecule has 0 saturated carbocycles. The molecule has 0 aromatic heterocycles. The topological polar surface area (TPSA) is 18.5 Å². The van der Waals surface area contributed by atoms with Crippen LogP contribution in [0.25, 0.3) is 0 Å². The molecule has 0 amide bonds. The third-order valence-electron chi connectivity index (χ3n) is 1.54. The predicted molar refractivity (Wildman–Crippen MR) is 35.4 cm³/mol. The zero-order valence-corrected chi connectivity index (χ0v) is 6.09. The van der Waals surface area contributed by atoms with Crippen LogP contribution in [-0.4, -0.2) is 25.4 Å². The first kappa shape index (κ1) is 7.03. The van der Waals surface area contributed by atoms with Crippen molar-refractivity contribution in [1.82, 2.24) is 0 Å². The molecule has 2 nitrogen and oxygen atoms in total. The second kappa shape index (κ2) is 3.18. The van der Waals surface area contributed by atoms with Gasteiger partial charge >= 0.3 is 0 Å². The van der Waals surface area contributed by atoms with Gasteiger partial charge in [0.25, 0.3) is 0 Å². The van der Waals surface area contributed by atoms with Crippen molar-refractivity contribution in [2.24, 2.45) is 0 Å². The maximum Gasteiger partial charge on any atom is 0.0810 e. The summed E-state index contributed by atoms with van der Waals surface area (Å²) in [5, 5.41) is 0. The summed E-state index contributed by atoms with van der Waals surface area (Å²) < 4.78 is 10.8. The van der Waals surface area contributed by atoms with Crippen LogP contribution < -0.4 is 0 Å². The Balaban J connectivity index is 2.23. The third kappa shape index (κ3) is 1.95. The van der Waals surface area contributed by atoms with Crippen LogP contribution in [0.2, 0.25) is 0 Å². The predicted octanol–water partition coefficient (Wildman–Crippen LogP) is 1.20. The van der Waals surface area contributed by atoms with Crippen molar-refractivity contribution in [3.63, 3.8) is 0 Å². The van der Waals surface area contributed by atoms with Crippen molar-refractivity contribution in [2.45, 2.75) is 32.5 Å². The Morgan fingerprint density at radius 3 is 2.67 bits per heavy atom. The van der Waals surface area contributed by atoms with Gasteiger partial charge in [-0.1, -0.05) is 6.92 Å². The van der Waals surface area contributed by atoms with E-state index in [-0.39, 0.29) is 0 Å². The van der Waals surface area contributed by atoms with Crippen LogP contribution in [0, 0.1) is 0 Å².